The van der Waals surface area contributed by atoms with E-state index in [1.54, 1.807) is 30.2 Å². The van der Waals surface area contributed by atoms with Crippen molar-refractivity contribution >= 4 is 40.4 Å². The van der Waals surface area contributed by atoms with E-state index >= 15 is 0 Å². The summed E-state index contributed by atoms with van der Waals surface area (Å²) in [6, 6.07) is 8.75. The number of hydrogen-bond acceptors (Lipinski definition) is 4. The predicted octanol–water partition coefficient (Wildman–Crippen LogP) is 3.90. The number of hydrogen-bond donors (Lipinski definition) is 1. The van der Waals surface area contributed by atoms with Gasteiger partial charge < -0.3 is 15.0 Å². The summed E-state index contributed by atoms with van der Waals surface area (Å²) < 4.78 is 5.26. The van der Waals surface area contributed by atoms with Crippen molar-refractivity contribution in [3.05, 3.63) is 45.6 Å². The van der Waals surface area contributed by atoms with Crippen LogP contribution in [0.3, 0.4) is 0 Å². The number of amides is 2. The van der Waals surface area contributed by atoms with E-state index in [0.717, 1.165) is 12.8 Å². The number of nitrogens with one attached hydrogen (secondary N) is 1. The quantitative estimate of drug-likeness (QED) is 0.877. The van der Waals surface area contributed by atoms with Crippen LogP contribution in [0, 0.1) is 5.92 Å². The zero-order valence-electron chi connectivity index (χ0n) is 13.8. The molecule has 25 heavy (non-hydrogen) atoms. The number of carbonyl (C=O) groups excluding carboxylic acids is 2. The second kappa shape index (κ2) is 7.89. The lowest BCUT2D eigenvalue weighted by Gasteiger charge is -2.31. The van der Waals surface area contributed by atoms with Crippen LogP contribution in [0.25, 0.3) is 0 Å². The van der Waals surface area contributed by atoms with Gasteiger partial charge >= 0.3 is 0 Å². The number of rotatable bonds is 4. The molecule has 0 radical (unpaired) electrons. The minimum atomic E-state index is -0.249. The van der Waals surface area contributed by atoms with Crippen LogP contribution < -0.4 is 10.1 Å². The first kappa shape index (κ1) is 17.8. The number of carbonyl (C=O) groups is 2. The van der Waals surface area contributed by atoms with Crippen molar-refractivity contribution < 1.29 is 14.3 Å². The monoisotopic (exact) mass is 378 g/mol. The van der Waals surface area contributed by atoms with Gasteiger partial charge in [0.05, 0.1) is 23.6 Å². The van der Waals surface area contributed by atoms with E-state index in [4.69, 9.17) is 16.3 Å². The summed E-state index contributed by atoms with van der Waals surface area (Å²) in [5.41, 5.74) is 0.543. The van der Waals surface area contributed by atoms with E-state index in [2.05, 4.69) is 5.32 Å². The number of anilines is 1. The molecule has 1 fully saturated rings. The Balaban J connectivity index is 1.68. The van der Waals surface area contributed by atoms with Gasteiger partial charge in [0.2, 0.25) is 5.91 Å². The summed E-state index contributed by atoms with van der Waals surface area (Å²) in [5.74, 6) is 0.179. The zero-order chi connectivity index (χ0) is 17.8. The third-order valence-corrected chi connectivity index (χ3v) is 5.32. The molecule has 132 valence electrons. The van der Waals surface area contributed by atoms with Crippen molar-refractivity contribution in [1.82, 2.24) is 4.90 Å². The van der Waals surface area contributed by atoms with Crippen LogP contribution in [-0.4, -0.2) is 36.9 Å². The number of ether oxygens (including phenoxy) is 1. The lowest BCUT2D eigenvalue weighted by atomic mass is 9.96. The number of halogens is 1. The van der Waals surface area contributed by atoms with Crippen LogP contribution in [-0.2, 0) is 4.79 Å². The standard InChI is InChI=1S/C18H19ClN2O3S/c1-24-15-7-6-13(19)10-14(15)20-17(22)12-4-2-8-21(11-12)18(23)16-5-3-9-25-16/h3,5-7,9-10,12H,2,4,8,11H2,1H3,(H,20,22). The van der Waals surface area contributed by atoms with Crippen molar-refractivity contribution in [2.24, 2.45) is 5.92 Å². The summed E-state index contributed by atoms with van der Waals surface area (Å²) in [6.45, 7) is 1.10. The molecule has 0 saturated carbocycles. The molecule has 1 aromatic carbocycles. The second-order valence-corrected chi connectivity index (χ2v) is 7.29. The smallest absolute Gasteiger partial charge is 0.263 e. The molecule has 7 heteroatoms. The highest BCUT2D eigenvalue weighted by Crippen LogP contribution is 2.29. The minimum Gasteiger partial charge on any atom is -0.495 e. The molecule has 1 aliphatic heterocycles. The molecule has 1 atom stereocenters. The number of benzene rings is 1. The molecule has 2 heterocycles. The lowest BCUT2D eigenvalue weighted by Crippen LogP contribution is -2.43. The van der Waals surface area contributed by atoms with Crippen LogP contribution in [0.4, 0.5) is 5.69 Å². The molecule has 1 unspecified atom stereocenters. The van der Waals surface area contributed by atoms with Crippen LogP contribution in [0.15, 0.2) is 35.7 Å². The Hall–Kier alpha value is -2.05. The first-order chi connectivity index (χ1) is 12.1. The van der Waals surface area contributed by atoms with E-state index in [1.165, 1.54) is 11.3 Å². The molecule has 0 aliphatic carbocycles. The van der Waals surface area contributed by atoms with Gasteiger partial charge in [-0.15, -0.1) is 11.3 Å². The molecule has 5 nitrogen and oxygen atoms in total. The van der Waals surface area contributed by atoms with E-state index in [1.807, 2.05) is 17.5 Å². The maximum atomic E-state index is 12.7. The van der Waals surface area contributed by atoms with Crippen LogP contribution >= 0.6 is 22.9 Å². The molecule has 3 rings (SSSR count). The Morgan fingerprint density at radius 2 is 2.20 bits per heavy atom. The first-order valence-corrected chi connectivity index (χ1v) is 9.31. The zero-order valence-corrected chi connectivity index (χ0v) is 15.4. The largest absolute Gasteiger partial charge is 0.495 e. The SMILES string of the molecule is COc1ccc(Cl)cc1NC(=O)C1CCCN(C(=O)c2cccs2)C1. The highest BCUT2D eigenvalue weighted by Gasteiger charge is 2.29. The van der Waals surface area contributed by atoms with Gasteiger partial charge in [-0.1, -0.05) is 17.7 Å². The molecule has 1 saturated heterocycles. The van der Waals surface area contributed by atoms with Gasteiger partial charge in [-0.2, -0.15) is 0 Å². The molecule has 1 aromatic heterocycles. The average Bonchev–Trinajstić information content (AvgIpc) is 3.16. The highest BCUT2D eigenvalue weighted by molar-refractivity contribution is 7.12. The van der Waals surface area contributed by atoms with Crippen molar-refractivity contribution in [2.45, 2.75) is 12.8 Å². The molecule has 2 amide bonds. The number of likely N-dealkylation sites (tertiary alicyclic amines) is 1. The molecular weight excluding hydrogens is 360 g/mol. The van der Waals surface area contributed by atoms with E-state index in [-0.39, 0.29) is 17.7 Å². The van der Waals surface area contributed by atoms with Crippen LogP contribution in [0.5, 0.6) is 5.75 Å². The normalized spacial score (nSPS) is 17.2. The third-order valence-electron chi connectivity index (χ3n) is 4.23. The summed E-state index contributed by atoms with van der Waals surface area (Å²) in [6.07, 6.45) is 1.56. The fourth-order valence-electron chi connectivity index (χ4n) is 2.94. The molecule has 1 N–H and O–H groups in total. The highest BCUT2D eigenvalue weighted by atomic mass is 35.5. The number of piperidine rings is 1. The average molecular weight is 379 g/mol. The van der Waals surface area contributed by atoms with Crippen molar-refractivity contribution in [1.29, 1.82) is 0 Å². The van der Waals surface area contributed by atoms with Crippen molar-refractivity contribution in [2.75, 3.05) is 25.5 Å². The van der Waals surface area contributed by atoms with Gasteiger partial charge in [0.15, 0.2) is 0 Å². The maximum absolute atomic E-state index is 12.7. The third kappa shape index (κ3) is 4.14. The fraction of sp³-hybridized carbons (Fsp3) is 0.333. The van der Waals surface area contributed by atoms with Gasteiger partial charge in [-0.3, -0.25) is 9.59 Å². The first-order valence-electron chi connectivity index (χ1n) is 8.05. The van der Waals surface area contributed by atoms with Gasteiger partial charge in [-0.25, -0.2) is 0 Å². The van der Waals surface area contributed by atoms with Gasteiger partial charge in [0.25, 0.3) is 5.91 Å². The Bertz CT molecular complexity index is 764. The lowest BCUT2D eigenvalue weighted by molar-refractivity contribution is -0.121. The summed E-state index contributed by atoms with van der Waals surface area (Å²) in [7, 11) is 1.54. The maximum Gasteiger partial charge on any atom is 0.263 e. The molecule has 2 aromatic rings. The van der Waals surface area contributed by atoms with Gasteiger partial charge in [0.1, 0.15) is 5.75 Å². The summed E-state index contributed by atoms with van der Waals surface area (Å²) >= 11 is 7.43. The van der Waals surface area contributed by atoms with E-state index < -0.39 is 0 Å². The van der Waals surface area contributed by atoms with E-state index in [0.29, 0.717) is 34.4 Å². The van der Waals surface area contributed by atoms with Crippen LogP contribution in [0.1, 0.15) is 22.5 Å². The van der Waals surface area contributed by atoms with E-state index in [9.17, 15) is 9.59 Å². The fourth-order valence-corrected chi connectivity index (χ4v) is 3.81. The van der Waals surface area contributed by atoms with Crippen LogP contribution in [0.2, 0.25) is 5.02 Å². The Morgan fingerprint density at radius 3 is 2.92 bits per heavy atom. The van der Waals surface area contributed by atoms with Crippen molar-refractivity contribution in [3.8, 4) is 5.75 Å². The Labute approximate surface area is 155 Å². The number of thiophene rings is 1. The topological polar surface area (TPSA) is 58.6 Å². The predicted molar refractivity (Wildman–Crippen MR) is 99.6 cm³/mol. The summed E-state index contributed by atoms with van der Waals surface area (Å²) in [5, 5.41) is 5.29. The minimum absolute atomic E-state index is 0.00663. The van der Waals surface area contributed by atoms with Gasteiger partial charge in [0, 0.05) is 18.1 Å². The molecular formula is C18H19ClN2O3S. The van der Waals surface area contributed by atoms with Crippen molar-refractivity contribution in [3.63, 3.8) is 0 Å². The Kier molecular flexibility index (Phi) is 5.60. The van der Waals surface area contributed by atoms with Gasteiger partial charge in [-0.05, 0) is 42.5 Å². The summed E-state index contributed by atoms with van der Waals surface area (Å²) in [4.78, 5) is 27.6. The molecule has 1 aliphatic rings. The molecule has 0 spiro atoms. The number of methoxy groups -OCH3 is 1. The number of nitrogens with zero attached hydrogens (tertiary/aromatic N) is 1. The molecule has 0 bridgehead atoms. The Morgan fingerprint density at radius 1 is 1.36 bits per heavy atom. The second-order valence-electron chi connectivity index (χ2n) is 5.90.